The molecule has 1 amide bonds. The van der Waals surface area contributed by atoms with Crippen LogP contribution in [0.5, 0.6) is 0 Å². The topological polar surface area (TPSA) is 115 Å². The Kier molecular flexibility index (Phi) is 6.02. The minimum atomic E-state index is -1.08. The van der Waals surface area contributed by atoms with Gasteiger partial charge in [-0.1, -0.05) is 17.7 Å². The molecule has 9 heteroatoms. The summed E-state index contributed by atoms with van der Waals surface area (Å²) in [4.78, 5) is 24.3. The van der Waals surface area contributed by atoms with Crippen molar-refractivity contribution in [3.63, 3.8) is 0 Å². The van der Waals surface area contributed by atoms with Crippen LogP contribution in [0.3, 0.4) is 0 Å². The van der Waals surface area contributed by atoms with E-state index in [-0.39, 0.29) is 11.5 Å². The van der Waals surface area contributed by atoms with Crippen LogP contribution in [0.2, 0.25) is 5.02 Å². The number of hydrogen-bond acceptors (Lipinski definition) is 6. The summed E-state index contributed by atoms with van der Waals surface area (Å²) in [7, 11) is 0. The molecule has 8 nitrogen and oxygen atoms in total. The Morgan fingerprint density at radius 3 is 2.77 bits per heavy atom. The third-order valence-electron chi connectivity index (χ3n) is 5.86. The Balaban J connectivity index is 1.38. The number of benzene rings is 2. The smallest absolute Gasteiger partial charge is 0.335 e. The SMILES string of the molecule is CC1=NN(c2cccc(C(=O)O)c2)C(=O)/C1=C\c1ccc(-c2ccc(Cl)c(C(O)NC3CC3)c2)o1. The Morgan fingerprint density at radius 2 is 2.03 bits per heavy atom. The van der Waals surface area contributed by atoms with E-state index in [4.69, 9.17) is 16.0 Å². The van der Waals surface area contributed by atoms with Crippen molar-refractivity contribution in [1.82, 2.24) is 5.32 Å². The lowest BCUT2D eigenvalue weighted by Crippen LogP contribution is -2.23. The number of carbonyl (C=O) groups is 2. The van der Waals surface area contributed by atoms with Gasteiger partial charge in [0.25, 0.3) is 5.91 Å². The maximum atomic E-state index is 13.0. The van der Waals surface area contributed by atoms with E-state index in [0.29, 0.717) is 45.1 Å². The van der Waals surface area contributed by atoms with Gasteiger partial charge < -0.3 is 14.6 Å². The third kappa shape index (κ3) is 4.77. The van der Waals surface area contributed by atoms with Gasteiger partial charge in [-0.2, -0.15) is 10.1 Å². The lowest BCUT2D eigenvalue weighted by Gasteiger charge is -2.15. The zero-order valence-corrected chi connectivity index (χ0v) is 19.5. The van der Waals surface area contributed by atoms with Gasteiger partial charge in [-0.25, -0.2) is 4.79 Å². The van der Waals surface area contributed by atoms with E-state index in [9.17, 15) is 19.8 Å². The fraction of sp³-hybridized carbons (Fsp3) is 0.192. The van der Waals surface area contributed by atoms with E-state index in [1.165, 1.54) is 17.1 Å². The first-order valence-electron chi connectivity index (χ1n) is 11.1. The normalized spacial score (nSPS) is 17.7. The second-order valence-corrected chi connectivity index (χ2v) is 8.90. The quantitative estimate of drug-likeness (QED) is 0.321. The number of hydrogen-bond donors (Lipinski definition) is 3. The first-order valence-corrected chi connectivity index (χ1v) is 11.5. The van der Waals surface area contributed by atoms with Gasteiger partial charge >= 0.3 is 5.97 Å². The molecule has 2 aromatic carbocycles. The molecule has 3 aromatic rings. The lowest BCUT2D eigenvalue weighted by atomic mass is 10.1. The minimum Gasteiger partial charge on any atom is -0.478 e. The molecule has 1 aliphatic carbocycles. The van der Waals surface area contributed by atoms with Crippen LogP contribution in [0.1, 0.15) is 47.7 Å². The highest BCUT2D eigenvalue weighted by molar-refractivity contribution is 6.32. The number of rotatable bonds is 7. The summed E-state index contributed by atoms with van der Waals surface area (Å²) < 4.78 is 5.96. The van der Waals surface area contributed by atoms with E-state index in [1.807, 2.05) is 0 Å². The van der Waals surface area contributed by atoms with Crippen molar-refractivity contribution in [3.05, 3.63) is 82.1 Å². The van der Waals surface area contributed by atoms with Gasteiger partial charge in [0.1, 0.15) is 17.7 Å². The van der Waals surface area contributed by atoms with Crippen LogP contribution < -0.4 is 10.3 Å². The molecule has 3 N–H and O–H groups in total. The summed E-state index contributed by atoms with van der Waals surface area (Å²) in [5, 5.41) is 28.8. The number of carboxylic acids is 1. The number of nitrogens with zero attached hydrogens (tertiary/aromatic N) is 2. The predicted octanol–water partition coefficient (Wildman–Crippen LogP) is 4.85. The summed E-state index contributed by atoms with van der Waals surface area (Å²) in [5.74, 6) is -0.461. The van der Waals surface area contributed by atoms with Crippen molar-refractivity contribution in [1.29, 1.82) is 0 Å². The van der Waals surface area contributed by atoms with E-state index in [1.54, 1.807) is 55.5 Å². The largest absolute Gasteiger partial charge is 0.478 e. The third-order valence-corrected chi connectivity index (χ3v) is 6.20. The van der Waals surface area contributed by atoms with Crippen LogP contribution in [0.15, 0.2) is 69.7 Å². The molecule has 0 spiro atoms. The molecule has 0 radical (unpaired) electrons. The molecule has 1 unspecified atom stereocenters. The Bertz CT molecular complexity index is 1390. The van der Waals surface area contributed by atoms with Crippen molar-refractivity contribution in [2.24, 2.45) is 5.10 Å². The second-order valence-electron chi connectivity index (χ2n) is 8.50. The molecule has 5 rings (SSSR count). The number of aliphatic hydroxyl groups is 1. The molecule has 35 heavy (non-hydrogen) atoms. The molecule has 2 heterocycles. The number of hydrazone groups is 1. The highest BCUT2D eigenvalue weighted by Gasteiger charge is 2.30. The average molecular weight is 492 g/mol. The number of carboxylic acid groups (broad SMARTS) is 1. The van der Waals surface area contributed by atoms with Crippen LogP contribution in [-0.4, -0.2) is 33.8 Å². The maximum Gasteiger partial charge on any atom is 0.335 e. The van der Waals surface area contributed by atoms with Gasteiger partial charge in [-0.15, -0.1) is 0 Å². The van der Waals surface area contributed by atoms with Gasteiger partial charge in [0.05, 0.1) is 22.5 Å². The van der Waals surface area contributed by atoms with Crippen LogP contribution in [-0.2, 0) is 4.79 Å². The van der Waals surface area contributed by atoms with Crippen molar-refractivity contribution in [2.75, 3.05) is 5.01 Å². The predicted molar refractivity (Wildman–Crippen MR) is 132 cm³/mol. The summed E-state index contributed by atoms with van der Waals surface area (Å²) in [5.41, 5.74) is 2.56. The fourth-order valence-corrected chi connectivity index (χ4v) is 4.05. The Labute approximate surface area is 206 Å². The number of aromatic carboxylic acids is 1. The molecule has 1 aliphatic heterocycles. The fourth-order valence-electron chi connectivity index (χ4n) is 3.83. The van der Waals surface area contributed by atoms with E-state index >= 15 is 0 Å². The van der Waals surface area contributed by atoms with E-state index in [2.05, 4.69) is 10.4 Å². The monoisotopic (exact) mass is 491 g/mol. The summed E-state index contributed by atoms with van der Waals surface area (Å²) in [6, 6.07) is 15.2. The number of carbonyl (C=O) groups excluding carboxylic acids is 1. The van der Waals surface area contributed by atoms with Crippen LogP contribution in [0, 0.1) is 0 Å². The molecule has 1 atom stereocenters. The van der Waals surface area contributed by atoms with Gasteiger partial charge in [0.15, 0.2) is 0 Å². The standard InChI is InChI=1S/C26H22ClN3O5/c1-14-20(25(32)30(29-14)18-4-2-3-16(11-18)26(33)34)13-19-8-10-23(35-19)15-5-9-22(27)21(12-15)24(31)28-17-6-7-17/h2-5,8-13,17,24,28,31H,6-7H2,1H3,(H,33,34)/b20-13-. The Hall–Kier alpha value is -3.72. The first-order chi connectivity index (χ1) is 16.8. The van der Waals surface area contributed by atoms with Crippen LogP contribution in [0.4, 0.5) is 5.69 Å². The lowest BCUT2D eigenvalue weighted by molar-refractivity contribution is -0.114. The van der Waals surface area contributed by atoms with Gasteiger partial charge in [-0.3, -0.25) is 10.1 Å². The zero-order chi connectivity index (χ0) is 24.7. The molecular weight excluding hydrogens is 470 g/mol. The summed E-state index contributed by atoms with van der Waals surface area (Å²) in [6.07, 6.45) is 2.81. The number of aliphatic hydroxyl groups excluding tert-OH is 1. The molecule has 0 saturated heterocycles. The molecule has 1 saturated carbocycles. The summed E-state index contributed by atoms with van der Waals surface area (Å²) >= 11 is 6.30. The number of furan rings is 1. The van der Waals surface area contributed by atoms with Crippen molar-refractivity contribution in [2.45, 2.75) is 32.0 Å². The zero-order valence-electron chi connectivity index (χ0n) is 18.7. The van der Waals surface area contributed by atoms with Crippen molar-refractivity contribution < 1.29 is 24.2 Å². The van der Waals surface area contributed by atoms with E-state index in [0.717, 1.165) is 18.4 Å². The average Bonchev–Trinajstić information content (AvgIpc) is 3.45. The van der Waals surface area contributed by atoms with E-state index < -0.39 is 12.2 Å². The molecular formula is C26H22ClN3O5. The number of anilines is 1. The highest BCUT2D eigenvalue weighted by atomic mass is 35.5. The molecule has 0 bridgehead atoms. The number of halogens is 1. The van der Waals surface area contributed by atoms with Gasteiger partial charge in [-0.05, 0) is 74.4 Å². The van der Waals surface area contributed by atoms with Crippen LogP contribution >= 0.6 is 11.6 Å². The number of nitrogens with one attached hydrogen (secondary N) is 1. The van der Waals surface area contributed by atoms with Crippen molar-refractivity contribution >= 4 is 41.0 Å². The summed E-state index contributed by atoms with van der Waals surface area (Å²) in [6.45, 7) is 1.70. The number of amides is 1. The molecule has 2 aliphatic rings. The molecule has 1 aromatic heterocycles. The maximum absolute atomic E-state index is 13.0. The van der Waals surface area contributed by atoms with Crippen molar-refractivity contribution in [3.8, 4) is 11.3 Å². The van der Waals surface area contributed by atoms with Crippen LogP contribution in [0.25, 0.3) is 17.4 Å². The van der Waals surface area contributed by atoms with Gasteiger partial charge in [0, 0.05) is 22.2 Å². The molecule has 1 fully saturated rings. The second kappa shape index (κ2) is 9.14. The van der Waals surface area contributed by atoms with Gasteiger partial charge in [0.2, 0.25) is 0 Å². The molecule has 178 valence electrons. The Morgan fingerprint density at radius 1 is 1.23 bits per heavy atom. The minimum absolute atomic E-state index is 0.0658. The highest BCUT2D eigenvalue weighted by Crippen LogP contribution is 2.32. The first kappa shape index (κ1) is 23.0.